The minimum Gasteiger partial charge on any atom is -0.371 e. The maximum absolute atomic E-state index is 2.69. The molecule has 2 unspecified atom stereocenters. The van der Waals surface area contributed by atoms with Crippen molar-refractivity contribution >= 4 is 22.6 Å². The molecule has 0 saturated heterocycles. The molecule has 2 atom stereocenters. The highest BCUT2D eigenvalue weighted by Crippen LogP contribution is 2.47. The molecule has 0 radical (unpaired) electrons. The Balaban J connectivity index is 1.56. The van der Waals surface area contributed by atoms with Gasteiger partial charge in [0.1, 0.15) is 0 Å². The second kappa shape index (κ2) is 5.50. The monoisotopic (exact) mass is 345 g/mol. The summed E-state index contributed by atoms with van der Waals surface area (Å²) in [6, 6.07) is 0. The smallest absolute Gasteiger partial charge is 0.0405 e. The van der Waals surface area contributed by atoms with Crippen molar-refractivity contribution in [1.29, 1.82) is 0 Å². The fraction of sp³-hybridized carbons (Fsp3) is 0.867. The van der Waals surface area contributed by atoms with Crippen molar-refractivity contribution in [2.24, 2.45) is 11.8 Å². The lowest BCUT2D eigenvalue weighted by Crippen LogP contribution is -2.43. The summed E-state index contributed by atoms with van der Waals surface area (Å²) in [6.45, 7) is 2.65. The van der Waals surface area contributed by atoms with Gasteiger partial charge in [-0.2, -0.15) is 0 Å². The molecular weight excluding hydrogens is 321 g/mol. The third-order valence-corrected chi connectivity index (χ3v) is 5.78. The highest BCUT2D eigenvalue weighted by molar-refractivity contribution is 14.1. The summed E-state index contributed by atoms with van der Waals surface area (Å²) in [5, 5.41) is 0. The van der Waals surface area contributed by atoms with Gasteiger partial charge in [-0.3, -0.25) is 0 Å². The van der Waals surface area contributed by atoms with E-state index in [2.05, 4.69) is 27.5 Å². The van der Waals surface area contributed by atoms with Crippen molar-refractivity contribution in [3.63, 3.8) is 0 Å². The molecule has 1 fully saturated rings. The van der Waals surface area contributed by atoms with Crippen LogP contribution in [-0.2, 0) is 0 Å². The Morgan fingerprint density at radius 3 is 2.59 bits per heavy atom. The third kappa shape index (κ3) is 2.52. The van der Waals surface area contributed by atoms with Crippen molar-refractivity contribution in [2.45, 2.75) is 51.4 Å². The van der Waals surface area contributed by atoms with E-state index in [4.69, 9.17) is 0 Å². The zero-order chi connectivity index (χ0) is 11.7. The van der Waals surface area contributed by atoms with Gasteiger partial charge in [-0.05, 0) is 60.4 Å². The Bertz CT molecular complexity index is 310. The Hall–Kier alpha value is 0.270. The number of fused-ring (bicyclic) bond motifs is 1. The van der Waals surface area contributed by atoms with Gasteiger partial charge in [0.05, 0.1) is 0 Å². The fourth-order valence-corrected chi connectivity index (χ4v) is 4.54. The normalized spacial score (nSPS) is 31.9. The van der Waals surface area contributed by atoms with Crippen molar-refractivity contribution in [3.05, 3.63) is 11.3 Å². The van der Waals surface area contributed by atoms with Crippen LogP contribution in [0.1, 0.15) is 51.4 Å². The van der Waals surface area contributed by atoms with Crippen LogP contribution in [0.5, 0.6) is 0 Å². The molecule has 2 heteroatoms. The van der Waals surface area contributed by atoms with Gasteiger partial charge in [-0.25, -0.2) is 0 Å². The van der Waals surface area contributed by atoms with E-state index in [0.29, 0.717) is 0 Å². The first-order chi connectivity index (χ1) is 8.38. The second-order valence-corrected chi connectivity index (χ2v) is 7.16. The molecule has 0 N–H and O–H groups in total. The fourth-order valence-electron chi connectivity index (χ4n) is 4.00. The topological polar surface area (TPSA) is 3.24 Å². The third-order valence-electron chi connectivity index (χ3n) is 5.01. The summed E-state index contributed by atoms with van der Waals surface area (Å²) in [5.41, 5.74) is 3.62. The van der Waals surface area contributed by atoms with E-state index in [1.165, 1.54) is 68.9 Å². The molecule has 0 aromatic heterocycles. The quantitative estimate of drug-likeness (QED) is 0.415. The number of alkyl halides is 1. The second-order valence-electron chi connectivity index (χ2n) is 6.08. The van der Waals surface area contributed by atoms with Crippen LogP contribution in [0.15, 0.2) is 11.3 Å². The summed E-state index contributed by atoms with van der Waals surface area (Å²) < 4.78 is 1.32. The van der Waals surface area contributed by atoms with Crippen LogP contribution >= 0.6 is 22.6 Å². The van der Waals surface area contributed by atoms with Crippen molar-refractivity contribution in [1.82, 2.24) is 4.90 Å². The van der Waals surface area contributed by atoms with Crippen molar-refractivity contribution < 1.29 is 0 Å². The van der Waals surface area contributed by atoms with Crippen LogP contribution in [0.4, 0.5) is 0 Å². The maximum atomic E-state index is 2.69. The number of unbranched alkanes of at least 4 members (excludes halogenated alkanes) is 1. The Kier molecular flexibility index (Phi) is 3.98. The summed E-state index contributed by atoms with van der Waals surface area (Å²) in [7, 11) is 0. The number of allylic oxidation sites excluding steroid dienone is 1. The van der Waals surface area contributed by atoms with Crippen LogP contribution in [0, 0.1) is 11.8 Å². The van der Waals surface area contributed by atoms with Crippen molar-refractivity contribution in [2.75, 3.05) is 17.5 Å². The molecule has 1 aliphatic heterocycles. The van der Waals surface area contributed by atoms with E-state index < -0.39 is 0 Å². The molecule has 2 aliphatic carbocycles. The number of likely N-dealkylation sites (tertiary alicyclic amines) is 1. The van der Waals surface area contributed by atoms with E-state index in [9.17, 15) is 0 Å². The van der Waals surface area contributed by atoms with Crippen LogP contribution in [0.2, 0.25) is 0 Å². The average Bonchev–Trinajstić information content (AvgIpc) is 2.35. The summed E-state index contributed by atoms with van der Waals surface area (Å²) in [4.78, 5) is 2.69. The van der Waals surface area contributed by atoms with E-state index in [1.807, 2.05) is 5.57 Å². The first-order valence-corrected chi connectivity index (χ1v) is 8.93. The lowest BCUT2D eigenvalue weighted by molar-refractivity contribution is 0.159. The maximum Gasteiger partial charge on any atom is 0.0405 e. The molecule has 0 aromatic rings. The zero-order valence-corrected chi connectivity index (χ0v) is 12.9. The largest absolute Gasteiger partial charge is 0.371 e. The SMILES string of the molecule is ICCCCN1CC2=C1CC1CCCCC1C2. The van der Waals surface area contributed by atoms with Crippen molar-refractivity contribution in [3.8, 4) is 0 Å². The van der Waals surface area contributed by atoms with Crippen LogP contribution in [-0.4, -0.2) is 22.4 Å². The van der Waals surface area contributed by atoms with Gasteiger partial charge < -0.3 is 4.90 Å². The van der Waals surface area contributed by atoms with Gasteiger partial charge in [0.15, 0.2) is 0 Å². The minimum absolute atomic E-state index is 1.05. The Morgan fingerprint density at radius 2 is 1.82 bits per heavy atom. The minimum atomic E-state index is 1.05. The molecule has 0 amide bonds. The number of hydrogen-bond donors (Lipinski definition) is 0. The van der Waals surface area contributed by atoms with E-state index in [0.717, 1.165) is 11.8 Å². The van der Waals surface area contributed by atoms with Gasteiger partial charge >= 0.3 is 0 Å². The molecular formula is C15H24IN. The zero-order valence-electron chi connectivity index (χ0n) is 10.8. The summed E-state index contributed by atoms with van der Waals surface area (Å²) in [6.07, 6.45) is 11.7. The molecule has 17 heavy (non-hydrogen) atoms. The predicted molar refractivity (Wildman–Crippen MR) is 81.4 cm³/mol. The van der Waals surface area contributed by atoms with Gasteiger partial charge in [0, 0.05) is 18.8 Å². The first-order valence-electron chi connectivity index (χ1n) is 7.40. The number of halogens is 1. The van der Waals surface area contributed by atoms with E-state index in [1.54, 1.807) is 5.70 Å². The van der Waals surface area contributed by atoms with Gasteiger partial charge in [0.2, 0.25) is 0 Å². The van der Waals surface area contributed by atoms with E-state index in [-0.39, 0.29) is 0 Å². The molecule has 0 aromatic carbocycles. The first kappa shape index (κ1) is 12.3. The lowest BCUT2D eigenvalue weighted by atomic mass is 9.68. The molecule has 3 rings (SSSR count). The molecule has 0 bridgehead atoms. The lowest BCUT2D eigenvalue weighted by Gasteiger charge is -2.48. The van der Waals surface area contributed by atoms with Crippen LogP contribution < -0.4 is 0 Å². The van der Waals surface area contributed by atoms with E-state index >= 15 is 0 Å². The summed E-state index contributed by atoms with van der Waals surface area (Å²) in [5.74, 6) is 2.12. The highest BCUT2D eigenvalue weighted by Gasteiger charge is 2.37. The molecule has 3 aliphatic rings. The number of hydrogen-bond acceptors (Lipinski definition) is 1. The van der Waals surface area contributed by atoms with Gasteiger partial charge in [-0.15, -0.1) is 0 Å². The molecule has 1 nitrogen and oxygen atoms in total. The number of nitrogens with zero attached hydrogens (tertiary/aromatic N) is 1. The van der Waals surface area contributed by atoms with Gasteiger partial charge in [-0.1, -0.05) is 35.4 Å². The molecule has 0 spiro atoms. The van der Waals surface area contributed by atoms with Crippen LogP contribution in [0.3, 0.4) is 0 Å². The Labute approximate surface area is 119 Å². The van der Waals surface area contributed by atoms with Crippen LogP contribution in [0.25, 0.3) is 0 Å². The molecule has 96 valence electrons. The Morgan fingerprint density at radius 1 is 1.06 bits per heavy atom. The van der Waals surface area contributed by atoms with Gasteiger partial charge in [0.25, 0.3) is 0 Å². The number of rotatable bonds is 4. The molecule has 1 saturated carbocycles. The highest BCUT2D eigenvalue weighted by atomic mass is 127. The molecule has 1 heterocycles. The standard InChI is InChI=1S/C15H24IN/c16-7-3-4-8-17-11-14-9-12-5-1-2-6-13(12)10-15(14)17/h12-13H,1-11H2. The predicted octanol–water partition coefficient (Wildman–Crippen LogP) is 4.37. The average molecular weight is 345 g/mol. The summed E-state index contributed by atoms with van der Waals surface area (Å²) >= 11 is 2.50.